The molecule has 1 aromatic heterocycles. The summed E-state index contributed by atoms with van der Waals surface area (Å²) < 4.78 is 0. The van der Waals surface area contributed by atoms with Crippen molar-refractivity contribution in [1.82, 2.24) is 9.88 Å². The lowest BCUT2D eigenvalue weighted by Crippen LogP contribution is -2.28. The lowest BCUT2D eigenvalue weighted by Gasteiger charge is -2.27. The smallest absolute Gasteiger partial charge is 0.0495 e. The predicted octanol–water partition coefficient (Wildman–Crippen LogP) is 2.81. The van der Waals surface area contributed by atoms with Gasteiger partial charge in [-0.05, 0) is 31.6 Å². The number of aromatic nitrogens is 1. The van der Waals surface area contributed by atoms with E-state index in [1.54, 1.807) is 0 Å². The maximum atomic E-state index is 3.30. The van der Waals surface area contributed by atoms with E-state index in [2.05, 4.69) is 42.8 Å². The number of hydrogen-bond acceptors (Lipinski definition) is 1. The first-order chi connectivity index (χ1) is 6.33. The van der Waals surface area contributed by atoms with Crippen LogP contribution < -0.4 is 0 Å². The van der Waals surface area contributed by atoms with Crippen LogP contribution in [0.2, 0.25) is 0 Å². The Labute approximate surface area is 81.0 Å². The summed E-state index contributed by atoms with van der Waals surface area (Å²) in [6.45, 7) is 8.91. The number of hydrogen-bond donors (Lipinski definition) is 1. The number of nitrogens with one attached hydrogen (secondary N) is 1. The van der Waals surface area contributed by atoms with Gasteiger partial charge in [0.15, 0.2) is 0 Å². The molecule has 1 rings (SSSR count). The van der Waals surface area contributed by atoms with Crippen molar-refractivity contribution in [1.29, 1.82) is 0 Å². The molecule has 1 aromatic rings. The summed E-state index contributed by atoms with van der Waals surface area (Å²) in [6.07, 6.45) is 3.17. The second kappa shape index (κ2) is 5.07. The molecule has 0 radical (unpaired) electrons. The van der Waals surface area contributed by atoms with Crippen LogP contribution in [-0.4, -0.2) is 23.0 Å². The van der Waals surface area contributed by atoms with E-state index in [-0.39, 0.29) is 0 Å². The number of H-pyrrole nitrogens is 1. The van der Waals surface area contributed by atoms with Gasteiger partial charge in [0.25, 0.3) is 0 Å². The van der Waals surface area contributed by atoms with Crippen LogP contribution in [0, 0.1) is 0 Å². The van der Waals surface area contributed by atoms with Crippen LogP contribution in [0.15, 0.2) is 18.3 Å². The fourth-order valence-corrected chi connectivity index (χ4v) is 1.89. The Kier molecular flexibility index (Phi) is 4.03. The van der Waals surface area contributed by atoms with Crippen molar-refractivity contribution < 1.29 is 0 Å². The Morgan fingerprint density at radius 3 is 2.38 bits per heavy atom. The van der Waals surface area contributed by atoms with Gasteiger partial charge in [0.05, 0.1) is 0 Å². The minimum absolute atomic E-state index is 0.560. The summed E-state index contributed by atoms with van der Waals surface area (Å²) in [6, 6.07) is 4.80. The molecule has 1 N–H and O–H groups in total. The Bertz CT molecular complexity index is 212. The summed E-state index contributed by atoms with van der Waals surface area (Å²) in [5.41, 5.74) is 1.34. The van der Waals surface area contributed by atoms with Crippen LogP contribution in [0.4, 0.5) is 0 Å². The third-order valence-electron chi connectivity index (χ3n) is 2.62. The molecule has 0 aliphatic carbocycles. The highest BCUT2D eigenvalue weighted by molar-refractivity contribution is 5.09. The molecule has 1 unspecified atom stereocenters. The van der Waals surface area contributed by atoms with E-state index in [0.29, 0.717) is 6.04 Å². The van der Waals surface area contributed by atoms with Crippen molar-refractivity contribution in [2.24, 2.45) is 0 Å². The Morgan fingerprint density at radius 1 is 1.31 bits per heavy atom. The lowest BCUT2D eigenvalue weighted by atomic mass is 10.1. The zero-order valence-electron chi connectivity index (χ0n) is 8.88. The zero-order valence-corrected chi connectivity index (χ0v) is 8.88. The highest BCUT2D eigenvalue weighted by Crippen LogP contribution is 2.21. The van der Waals surface area contributed by atoms with E-state index in [9.17, 15) is 0 Å². The molecule has 0 aliphatic rings. The number of rotatable bonds is 5. The maximum Gasteiger partial charge on any atom is 0.0495 e. The van der Waals surface area contributed by atoms with Gasteiger partial charge in [-0.2, -0.15) is 0 Å². The molecule has 0 amide bonds. The Hall–Kier alpha value is -0.760. The van der Waals surface area contributed by atoms with Gasteiger partial charge in [-0.3, -0.25) is 4.90 Å². The molecule has 0 aromatic carbocycles. The largest absolute Gasteiger partial charge is 0.364 e. The molecule has 0 saturated carbocycles. The van der Waals surface area contributed by atoms with Crippen molar-refractivity contribution in [2.75, 3.05) is 13.1 Å². The minimum Gasteiger partial charge on any atom is -0.364 e. The molecule has 74 valence electrons. The fraction of sp³-hybridized carbons (Fsp3) is 0.636. The van der Waals surface area contributed by atoms with E-state index in [1.165, 1.54) is 12.1 Å². The van der Waals surface area contributed by atoms with Crippen molar-refractivity contribution in [3.63, 3.8) is 0 Å². The van der Waals surface area contributed by atoms with Crippen molar-refractivity contribution in [3.8, 4) is 0 Å². The standard InChI is InChI=1S/C11H20N2/c1-4-11(13(5-2)6-3)10-8-7-9-12-10/h7-9,11-12H,4-6H2,1-3H3. The Morgan fingerprint density at radius 2 is 2.00 bits per heavy atom. The van der Waals surface area contributed by atoms with Gasteiger partial charge >= 0.3 is 0 Å². The quantitative estimate of drug-likeness (QED) is 0.738. The first-order valence-corrected chi connectivity index (χ1v) is 5.20. The second-order valence-electron chi connectivity index (χ2n) is 3.27. The minimum atomic E-state index is 0.560. The zero-order chi connectivity index (χ0) is 9.68. The van der Waals surface area contributed by atoms with Gasteiger partial charge in [0.2, 0.25) is 0 Å². The number of aromatic amines is 1. The number of nitrogens with zero attached hydrogens (tertiary/aromatic N) is 1. The molecule has 2 heteroatoms. The van der Waals surface area contributed by atoms with Gasteiger partial charge in [0, 0.05) is 17.9 Å². The SMILES string of the molecule is CCC(c1ccc[nH]1)N(CC)CC. The molecular weight excluding hydrogens is 160 g/mol. The molecule has 0 aliphatic heterocycles. The van der Waals surface area contributed by atoms with Crippen molar-refractivity contribution >= 4 is 0 Å². The van der Waals surface area contributed by atoms with E-state index in [1.807, 2.05) is 6.20 Å². The summed E-state index contributed by atoms with van der Waals surface area (Å²) in [7, 11) is 0. The van der Waals surface area contributed by atoms with Gasteiger partial charge in [-0.1, -0.05) is 20.8 Å². The summed E-state index contributed by atoms with van der Waals surface area (Å²) in [4.78, 5) is 5.77. The molecule has 0 fully saturated rings. The molecule has 1 heterocycles. The third kappa shape index (κ3) is 2.34. The van der Waals surface area contributed by atoms with Crippen LogP contribution >= 0.6 is 0 Å². The molecule has 1 atom stereocenters. The first kappa shape index (κ1) is 10.3. The highest BCUT2D eigenvalue weighted by Gasteiger charge is 2.15. The van der Waals surface area contributed by atoms with E-state index < -0.39 is 0 Å². The predicted molar refractivity (Wildman–Crippen MR) is 56.7 cm³/mol. The van der Waals surface area contributed by atoms with Crippen LogP contribution in [-0.2, 0) is 0 Å². The topological polar surface area (TPSA) is 19.0 Å². The van der Waals surface area contributed by atoms with E-state index in [0.717, 1.165) is 13.1 Å². The first-order valence-electron chi connectivity index (χ1n) is 5.20. The summed E-state index contributed by atoms with van der Waals surface area (Å²) in [5.74, 6) is 0. The van der Waals surface area contributed by atoms with Gasteiger partial charge < -0.3 is 4.98 Å². The third-order valence-corrected chi connectivity index (χ3v) is 2.62. The average Bonchev–Trinajstić information content (AvgIpc) is 2.66. The average molecular weight is 180 g/mol. The van der Waals surface area contributed by atoms with Crippen molar-refractivity contribution in [2.45, 2.75) is 33.2 Å². The van der Waals surface area contributed by atoms with Crippen molar-refractivity contribution in [3.05, 3.63) is 24.0 Å². The summed E-state index contributed by atoms with van der Waals surface area (Å²) >= 11 is 0. The van der Waals surface area contributed by atoms with E-state index in [4.69, 9.17) is 0 Å². The molecule has 0 spiro atoms. The molecule has 2 nitrogen and oxygen atoms in total. The van der Waals surface area contributed by atoms with Gasteiger partial charge in [-0.15, -0.1) is 0 Å². The Balaban J connectivity index is 2.72. The fourth-order valence-electron chi connectivity index (χ4n) is 1.89. The molecule has 0 bridgehead atoms. The normalized spacial score (nSPS) is 13.5. The monoisotopic (exact) mass is 180 g/mol. The van der Waals surface area contributed by atoms with E-state index >= 15 is 0 Å². The summed E-state index contributed by atoms with van der Waals surface area (Å²) in [5, 5.41) is 0. The van der Waals surface area contributed by atoms with Crippen LogP contribution in [0.3, 0.4) is 0 Å². The lowest BCUT2D eigenvalue weighted by molar-refractivity contribution is 0.210. The molecule has 13 heavy (non-hydrogen) atoms. The molecule has 0 saturated heterocycles. The second-order valence-corrected chi connectivity index (χ2v) is 3.27. The van der Waals surface area contributed by atoms with Gasteiger partial charge in [0.1, 0.15) is 0 Å². The highest BCUT2D eigenvalue weighted by atomic mass is 15.2. The maximum absolute atomic E-state index is 3.30. The van der Waals surface area contributed by atoms with Crippen LogP contribution in [0.25, 0.3) is 0 Å². The molecular formula is C11H20N2. The van der Waals surface area contributed by atoms with Crippen LogP contribution in [0.1, 0.15) is 38.9 Å². The van der Waals surface area contributed by atoms with Gasteiger partial charge in [-0.25, -0.2) is 0 Å². The van der Waals surface area contributed by atoms with Crippen LogP contribution in [0.5, 0.6) is 0 Å².